The van der Waals surface area contributed by atoms with Gasteiger partial charge in [0.2, 0.25) is 5.91 Å². The second kappa shape index (κ2) is 3.66. The third kappa shape index (κ3) is 2.21. The number of amides is 1. The van der Waals surface area contributed by atoms with E-state index in [-0.39, 0.29) is 11.9 Å². The molecule has 0 spiro atoms. The lowest BCUT2D eigenvalue weighted by Crippen LogP contribution is -2.60. The fourth-order valence-electron chi connectivity index (χ4n) is 1.30. The van der Waals surface area contributed by atoms with Gasteiger partial charge >= 0.3 is 0 Å². The van der Waals surface area contributed by atoms with E-state index < -0.39 is 5.54 Å². The van der Waals surface area contributed by atoms with E-state index in [1.807, 2.05) is 6.92 Å². The van der Waals surface area contributed by atoms with Gasteiger partial charge < -0.3 is 11.1 Å². The third-order valence-corrected chi connectivity index (χ3v) is 3.06. The Morgan fingerprint density at radius 2 is 1.92 bits per heavy atom. The molecule has 1 amide bonds. The molecule has 0 bridgehead atoms. The number of carbonyl (C=O) groups excluding carboxylic acids is 1. The Bertz CT molecular complexity index is 197. The number of nitrogens with two attached hydrogens (primary N) is 1. The molecule has 1 atom stereocenters. The molecule has 0 aromatic carbocycles. The number of hydrogen-bond donors (Lipinski definition) is 2. The summed E-state index contributed by atoms with van der Waals surface area (Å²) in [5.41, 5.74) is 5.33. The van der Waals surface area contributed by atoms with Crippen LogP contribution >= 0.6 is 0 Å². The van der Waals surface area contributed by atoms with Gasteiger partial charge in [0.1, 0.15) is 0 Å². The van der Waals surface area contributed by atoms with Crippen LogP contribution in [0.15, 0.2) is 0 Å². The second-order valence-corrected chi connectivity index (χ2v) is 4.52. The zero-order valence-corrected chi connectivity index (χ0v) is 8.76. The number of carbonyl (C=O) groups is 1. The van der Waals surface area contributed by atoms with E-state index in [0.29, 0.717) is 5.92 Å². The Morgan fingerprint density at radius 1 is 1.38 bits per heavy atom. The van der Waals surface area contributed by atoms with Gasteiger partial charge in [0, 0.05) is 6.04 Å². The summed E-state index contributed by atoms with van der Waals surface area (Å²) >= 11 is 0. The molecule has 1 unspecified atom stereocenters. The van der Waals surface area contributed by atoms with Crippen molar-refractivity contribution in [1.82, 2.24) is 5.32 Å². The van der Waals surface area contributed by atoms with Crippen molar-refractivity contribution >= 4 is 5.91 Å². The molecule has 1 rings (SSSR count). The zero-order valence-electron chi connectivity index (χ0n) is 8.76. The van der Waals surface area contributed by atoms with E-state index in [9.17, 15) is 4.79 Å². The van der Waals surface area contributed by atoms with Gasteiger partial charge in [0.25, 0.3) is 0 Å². The molecule has 0 heterocycles. The van der Waals surface area contributed by atoms with Crippen LogP contribution < -0.4 is 11.1 Å². The average molecular weight is 184 g/mol. The standard InChI is InChI=1S/C10H20N2O/c1-7(2)8(3)12-9(13)10(11)5-4-6-10/h7-8H,4-6,11H2,1-3H3,(H,12,13). The molecular formula is C10H20N2O. The van der Waals surface area contributed by atoms with Gasteiger partial charge in [0.05, 0.1) is 5.54 Å². The normalized spacial score (nSPS) is 22.2. The monoisotopic (exact) mass is 184 g/mol. The van der Waals surface area contributed by atoms with Crippen LogP contribution in [0.4, 0.5) is 0 Å². The molecule has 0 radical (unpaired) electrons. The predicted molar refractivity (Wildman–Crippen MR) is 53.2 cm³/mol. The van der Waals surface area contributed by atoms with Gasteiger partial charge in [-0.05, 0) is 32.1 Å². The fraction of sp³-hybridized carbons (Fsp3) is 0.900. The van der Waals surface area contributed by atoms with Crippen molar-refractivity contribution < 1.29 is 4.79 Å². The highest BCUT2D eigenvalue weighted by molar-refractivity contribution is 5.87. The highest BCUT2D eigenvalue weighted by atomic mass is 16.2. The summed E-state index contributed by atoms with van der Waals surface area (Å²) in [4.78, 5) is 11.6. The Hall–Kier alpha value is -0.570. The van der Waals surface area contributed by atoms with E-state index in [0.717, 1.165) is 19.3 Å². The van der Waals surface area contributed by atoms with Crippen LogP contribution in [0.5, 0.6) is 0 Å². The first-order valence-corrected chi connectivity index (χ1v) is 5.05. The van der Waals surface area contributed by atoms with Crippen molar-refractivity contribution in [3.8, 4) is 0 Å². The Morgan fingerprint density at radius 3 is 2.23 bits per heavy atom. The van der Waals surface area contributed by atoms with Crippen molar-refractivity contribution in [2.24, 2.45) is 11.7 Å². The van der Waals surface area contributed by atoms with Crippen LogP contribution in [0, 0.1) is 5.92 Å². The lowest BCUT2D eigenvalue weighted by Gasteiger charge is -2.37. The molecule has 0 aliphatic heterocycles. The highest BCUT2D eigenvalue weighted by Crippen LogP contribution is 2.29. The maximum atomic E-state index is 11.6. The molecule has 1 aliphatic carbocycles. The molecule has 0 aromatic rings. The van der Waals surface area contributed by atoms with E-state index >= 15 is 0 Å². The first kappa shape index (κ1) is 10.5. The summed E-state index contributed by atoms with van der Waals surface area (Å²) in [6, 6.07) is 0.216. The van der Waals surface area contributed by atoms with Crippen LogP contribution in [0.3, 0.4) is 0 Å². The summed E-state index contributed by atoms with van der Waals surface area (Å²) in [6.07, 6.45) is 2.76. The van der Waals surface area contributed by atoms with Crippen LogP contribution in [-0.2, 0) is 4.79 Å². The van der Waals surface area contributed by atoms with Crippen molar-refractivity contribution in [2.75, 3.05) is 0 Å². The van der Waals surface area contributed by atoms with E-state index in [2.05, 4.69) is 19.2 Å². The quantitative estimate of drug-likeness (QED) is 0.688. The predicted octanol–water partition coefficient (Wildman–Crippen LogP) is 1.03. The van der Waals surface area contributed by atoms with E-state index in [4.69, 9.17) is 5.73 Å². The summed E-state index contributed by atoms with van der Waals surface area (Å²) in [5, 5.41) is 2.96. The lowest BCUT2D eigenvalue weighted by atomic mass is 9.77. The summed E-state index contributed by atoms with van der Waals surface area (Å²) < 4.78 is 0. The minimum absolute atomic E-state index is 0.0277. The number of hydrogen-bond acceptors (Lipinski definition) is 2. The van der Waals surface area contributed by atoms with Crippen molar-refractivity contribution in [2.45, 2.75) is 51.6 Å². The highest BCUT2D eigenvalue weighted by Gasteiger charge is 2.40. The van der Waals surface area contributed by atoms with Crippen LogP contribution in [-0.4, -0.2) is 17.5 Å². The zero-order chi connectivity index (χ0) is 10.1. The van der Waals surface area contributed by atoms with Crippen LogP contribution in [0.25, 0.3) is 0 Å². The number of rotatable bonds is 3. The SMILES string of the molecule is CC(C)C(C)NC(=O)C1(N)CCC1. The average Bonchev–Trinajstić information content (AvgIpc) is 1.99. The van der Waals surface area contributed by atoms with Crippen molar-refractivity contribution in [1.29, 1.82) is 0 Å². The summed E-state index contributed by atoms with van der Waals surface area (Å²) in [5.74, 6) is 0.493. The first-order valence-electron chi connectivity index (χ1n) is 5.05. The van der Waals surface area contributed by atoms with Gasteiger partial charge in [-0.25, -0.2) is 0 Å². The van der Waals surface area contributed by atoms with E-state index in [1.165, 1.54) is 0 Å². The van der Waals surface area contributed by atoms with E-state index in [1.54, 1.807) is 0 Å². The Labute approximate surface area is 80.1 Å². The summed E-state index contributed by atoms with van der Waals surface area (Å²) in [7, 11) is 0. The maximum Gasteiger partial charge on any atom is 0.240 e. The maximum absolute atomic E-state index is 11.6. The molecule has 0 aromatic heterocycles. The van der Waals surface area contributed by atoms with Crippen LogP contribution in [0.1, 0.15) is 40.0 Å². The topological polar surface area (TPSA) is 55.1 Å². The third-order valence-electron chi connectivity index (χ3n) is 3.06. The molecule has 1 fully saturated rings. The van der Waals surface area contributed by atoms with Gasteiger partial charge in [-0.1, -0.05) is 13.8 Å². The van der Waals surface area contributed by atoms with Crippen LogP contribution in [0.2, 0.25) is 0 Å². The van der Waals surface area contributed by atoms with Gasteiger partial charge in [0.15, 0.2) is 0 Å². The minimum Gasteiger partial charge on any atom is -0.352 e. The Balaban J connectivity index is 2.41. The molecule has 13 heavy (non-hydrogen) atoms. The molecule has 0 saturated heterocycles. The molecule has 76 valence electrons. The summed E-state index contributed by atoms with van der Waals surface area (Å²) in [6.45, 7) is 6.20. The van der Waals surface area contributed by atoms with Crippen molar-refractivity contribution in [3.63, 3.8) is 0 Å². The second-order valence-electron chi connectivity index (χ2n) is 4.52. The van der Waals surface area contributed by atoms with Gasteiger partial charge in [-0.3, -0.25) is 4.79 Å². The molecule has 3 nitrogen and oxygen atoms in total. The minimum atomic E-state index is -0.552. The van der Waals surface area contributed by atoms with Gasteiger partial charge in [-0.2, -0.15) is 0 Å². The smallest absolute Gasteiger partial charge is 0.240 e. The molecule has 3 heteroatoms. The molecule has 1 aliphatic rings. The lowest BCUT2D eigenvalue weighted by molar-refractivity contribution is -0.130. The number of nitrogens with one attached hydrogen (secondary N) is 1. The molecule has 3 N–H and O–H groups in total. The first-order chi connectivity index (χ1) is 5.96. The Kier molecular flexibility index (Phi) is 2.96. The van der Waals surface area contributed by atoms with Crippen molar-refractivity contribution in [3.05, 3.63) is 0 Å². The van der Waals surface area contributed by atoms with Gasteiger partial charge in [-0.15, -0.1) is 0 Å². The molecular weight excluding hydrogens is 164 g/mol. The largest absolute Gasteiger partial charge is 0.352 e. The fourth-order valence-corrected chi connectivity index (χ4v) is 1.30. The molecule has 1 saturated carbocycles.